The summed E-state index contributed by atoms with van der Waals surface area (Å²) in [6.07, 6.45) is 67.0. The van der Waals surface area contributed by atoms with Gasteiger partial charge in [-0.2, -0.15) is 0 Å². The van der Waals surface area contributed by atoms with Crippen LogP contribution in [0.4, 0.5) is 0 Å². The van der Waals surface area contributed by atoms with Crippen LogP contribution in [-0.2, 0) is 28.6 Å². The molecule has 0 N–H and O–H groups in total. The van der Waals surface area contributed by atoms with E-state index < -0.39 is 6.10 Å². The predicted octanol–water partition coefficient (Wildman–Crippen LogP) is 17.6. The molecule has 0 rings (SSSR count). The van der Waals surface area contributed by atoms with Crippen molar-refractivity contribution in [1.82, 2.24) is 0 Å². The lowest BCUT2D eigenvalue weighted by atomic mass is 10.1. The van der Waals surface area contributed by atoms with Gasteiger partial charge in [-0.1, -0.05) is 196 Å². The Hall–Kier alpha value is -3.41. The van der Waals surface area contributed by atoms with Crippen LogP contribution in [0.1, 0.15) is 245 Å². The SMILES string of the molecule is CC/C=C/C/C=C/C/C=C/CCCCCCCC(=O)O[C@@H](COC(=O)CCCCCC/C=C/C/C=C/C/C=C/CCCCC)COC(=O)CCCCCCC/C=C/CCCCCCC. The number of ether oxygens (including phenoxy) is 3. The number of hydrogen-bond donors (Lipinski definition) is 0. The molecule has 0 amide bonds. The van der Waals surface area contributed by atoms with E-state index in [0.29, 0.717) is 19.3 Å². The van der Waals surface area contributed by atoms with E-state index in [1.54, 1.807) is 0 Å². The zero-order chi connectivity index (χ0) is 46.5. The molecule has 0 spiro atoms. The highest BCUT2D eigenvalue weighted by atomic mass is 16.6. The number of rotatable bonds is 47. The Morgan fingerprint density at radius 2 is 0.609 bits per heavy atom. The van der Waals surface area contributed by atoms with E-state index in [4.69, 9.17) is 14.2 Å². The van der Waals surface area contributed by atoms with Gasteiger partial charge in [0.05, 0.1) is 0 Å². The molecule has 0 aromatic carbocycles. The molecule has 0 saturated carbocycles. The molecule has 0 aromatic heterocycles. The molecule has 0 bridgehead atoms. The first-order valence-corrected chi connectivity index (χ1v) is 26.6. The molecule has 0 fully saturated rings. The summed E-state index contributed by atoms with van der Waals surface area (Å²) < 4.78 is 16.8. The smallest absolute Gasteiger partial charge is 0.306 e. The first kappa shape index (κ1) is 60.6. The number of esters is 3. The maximum absolute atomic E-state index is 12.8. The Balaban J connectivity index is 4.47. The third-order valence-electron chi connectivity index (χ3n) is 11.1. The maximum atomic E-state index is 12.8. The summed E-state index contributed by atoms with van der Waals surface area (Å²) >= 11 is 0. The van der Waals surface area contributed by atoms with Crippen molar-refractivity contribution >= 4 is 17.9 Å². The second-order valence-corrected chi connectivity index (χ2v) is 17.4. The van der Waals surface area contributed by atoms with Gasteiger partial charge in [0, 0.05) is 19.3 Å². The summed E-state index contributed by atoms with van der Waals surface area (Å²) in [6, 6.07) is 0. The van der Waals surface area contributed by atoms with Crippen LogP contribution in [0, 0.1) is 0 Å². The van der Waals surface area contributed by atoms with Crippen molar-refractivity contribution in [2.45, 2.75) is 252 Å². The highest BCUT2D eigenvalue weighted by molar-refractivity contribution is 5.71. The molecule has 0 aromatic rings. The number of carbonyl (C=O) groups excluding carboxylic acids is 3. The number of allylic oxidation sites excluding steroid dienone is 14. The first-order chi connectivity index (χ1) is 31.5. The second kappa shape index (κ2) is 52.2. The summed E-state index contributed by atoms with van der Waals surface area (Å²) in [5, 5.41) is 0. The van der Waals surface area contributed by atoms with E-state index in [-0.39, 0.29) is 31.1 Å². The summed E-state index contributed by atoms with van der Waals surface area (Å²) in [6.45, 7) is 6.45. The maximum Gasteiger partial charge on any atom is 0.306 e. The molecule has 64 heavy (non-hydrogen) atoms. The summed E-state index contributed by atoms with van der Waals surface area (Å²) in [5.41, 5.74) is 0. The molecular formula is C58H98O6. The lowest BCUT2D eigenvalue weighted by Crippen LogP contribution is -2.30. The molecule has 0 aliphatic heterocycles. The fraction of sp³-hybridized carbons (Fsp3) is 0.707. The molecular weight excluding hydrogens is 793 g/mol. The standard InChI is InChI=1S/C58H98O6/c1-4-7-10-13-16-19-22-25-28-29-31-33-36-39-42-45-48-51-57(60)63-54-55(53-62-56(59)50-47-44-41-38-35-32-27-24-21-18-15-12-9-6-3)64-58(61)52-49-46-43-40-37-34-30-26-23-20-17-14-11-8-5-2/h8,11,16-17,19-20,24-28,30-31,33,55H,4-7,9-10,12-15,18,21-23,29,32,34-54H2,1-3H3/b11-8+,19-16+,20-17+,27-24+,28-25+,30-26+,33-31+/t55-/m1/s1. The van der Waals surface area contributed by atoms with E-state index in [9.17, 15) is 14.4 Å². The van der Waals surface area contributed by atoms with Gasteiger partial charge < -0.3 is 14.2 Å². The number of unbranched alkanes of at least 4 members (excludes halogenated alkanes) is 22. The van der Waals surface area contributed by atoms with Gasteiger partial charge in [-0.15, -0.1) is 0 Å². The Morgan fingerprint density at radius 3 is 1.00 bits per heavy atom. The van der Waals surface area contributed by atoms with Crippen molar-refractivity contribution in [2.75, 3.05) is 13.2 Å². The van der Waals surface area contributed by atoms with Crippen molar-refractivity contribution in [3.05, 3.63) is 85.1 Å². The molecule has 0 aliphatic rings. The van der Waals surface area contributed by atoms with Crippen LogP contribution in [-0.4, -0.2) is 37.2 Å². The molecule has 0 saturated heterocycles. The zero-order valence-electron chi connectivity index (χ0n) is 41.8. The lowest BCUT2D eigenvalue weighted by Gasteiger charge is -2.18. The van der Waals surface area contributed by atoms with Crippen LogP contribution in [0.3, 0.4) is 0 Å². The van der Waals surface area contributed by atoms with Crippen molar-refractivity contribution in [3.63, 3.8) is 0 Å². The highest BCUT2D eigenvalue weighted by Crippen LogP contribution is 2.13. The van der Waals surface area contributed by atoms with E-state index in [1.165, 1.54) is 77.0 Å². The van der Waals surface area contributed by atoms with Crippen molar-refractivity contribution in [1.29, 1.82) is 0 Å². The van der Waals surface area contributed by atoms with Crippen molar-refractivity contribution in [2.24, 2.45) is 0 Å². The van der Waals surface area contributed by atoms with Gasteiger partial charge in [-0.05, 0) is 116 Å². The molecule has 0 radical (unpaired) electrons. The van der Waals surface area contributed by atoms with Crippen LogP contribution >= 0.6 is 0 Å². The van der Waals surface area contributed by atoms with Gasteiger partial charge in [0.1, 0.15) is 13.2 Å². The molecule has 0 aliphatic carbocycles. The van der Waals surface area contributed by atoms with Crippen LogP contribution in [0.25, 0.3) is 0 Å². The van der Waals surface area contributed by atoms with Crippen LogP contribution in [0.5, 0.6) is 0 Å². The Bertz CT molecular complexity index is 1250. The minimum Gasteiger partial charge on any atom is -0.462 e. The van der Waals surface area contributed by atoms with Crippen LogP contribution in [0.15, 0.2) is 85.1 Å². The average molecular weight is 891 g/mol. The van der Waals surface area contributed by atoms with Crippen LogP contribution in [0.2, 0.25) is 0 Å². The largest absolute Gasteiger partial charge is 0.462 e. The van der Waals surface area contributed by atoms with E-state index >= 15 is 0 Å². The average Bonchev–Trinajstić information content (AvgIpc) is 3.29. The van der Waals surface area contributed by atoms with Gasteiger partial charge in [0.15, 0.2) is 6.10 Å². The quantitative estimate of drug-likeness (QED) is 0.0262. The van der Waals surface area contributed by atoms with Crippen molar-refractivity contribution < 1.29 is 28.6 Å². The summed E-state index contributed by atoms with van der Waals surface area (Å²) in [7, 11) is 0. The van der Waals surface area contributed by atoms with E-state index in [2.05, 4.69) is 106 Å². The zero-order valence-corrected chi connectivity index (χ0v) is 41.8. The van der Waals surface area contributed by atoms with Crippen molar-refractivity contribution in [3.8, 4) is 0 Å². The lowest BCUT2D eigenvalue weighted by molar-refractivity contribution is -0.167. The predicted molar refractivity (Wildman–Crippen MR) is 274 cm³/mol. The molecule has 366 valence electrons. The Kier molecular flexibility index (Phi) is 49.4. The van der Waals surface area contributed by atoms with Gasteiger partial charge in [0.25, 0.3) is 0 Å². The minimum absolute atomic E-state index is 0.0957. The normalized spacial score (nSPS) is 12.7. The van der Waals surface area contributed by atoms with Gasteiger partial charge in [-0.25, -0.2) is 0 Å². The summed E-state index contributed by atoms with van der Waals surface area (Å²) in [4.78, 5) is 38.0. The third kappa shape index (κ3) is 49.6. The van der Waals surface area contributed by atoms with Gasteiger partial charge >= 0.3 is 17.9 Å². The molecule has 0 heterocycles. The minimum atomic E-state index is -0.798. The highest BCUT2D eigenvalue weighted by Gasteiger charge is 2.19. The first-order valence-electron chi connectivity index (χ1n) is 26.6. The van der Waals surface area contributed by atoms with Crippen LogP contribution < -0.4 is 0 Å². The molecule has 1 atom stereocenters. The Morgan fingerprint density at radius 1 is 0.328 bits per heavy atom. The molecule has 6 heteroatoms. The number of carbonyl (C=O) groups is 3. The third-order valence-corrected chi connectivity index (χ3v) is 11.1. The van der Waals surface area contributed by atoms with E-state index in [0.717, 1.165) is 128 Å². The number of hydrogen-bond acceptors (Lipinski definition) is 6. The molecule has 6 nitrogen and oxygen atoms in total. The molecule has 0 unspecified atom stereocenters. The van der Waals surface area contributed by atoms with Gasteiger partial charge in [-0.3, -0.25) is 14.4 Å². The summed E-state index contributed by atoms with van der Waals surface area (Å²) in [5.74, 6) is -0.943. The Labute approximate surface area is 395 Å². The second-order valence-electron chi connectivity index (χ2n) is 17.4. The monoisotopic (exact) mass is 891 g/mol. The fourth-order valence-electron chi connectivity index (χ4n) is 7.10. The topological polar surface area (TPSA) is 78.9 Å². The van der Waals surface area contributed by atoms with E-state index in [1.807, 2.05) is 0 Å². The fourth-order valence-corrected chi connectivity index (χ4v) is 7.10. The van der Waals surface area contributed by atoms with Gasteiger partial charge in [0.2, 0.25) is 0 Å².